The molecule has 2 aliphatic rings. The van der Waals surface area contributed by atoms with Gasteiger partial charge < -0.3 is 15.5 Å². The molecular formula is C24H35ClF2N4O. The van der Waals surface area contributed by atoms with E-state index in [1.54, 1.807) is 6.07 Å². The predicted molar refractivity (Wildman–Crippen MR) is 128 cm³/mol. The summed E-state index contributed by atoms with van der Waals surface area (Å²) in [4.78, 5) is 7.61. The number of rotatable bonds is 8. The first-order chi connectivity index (χ1) is 15.6. The zero-order valence-corrected chi connectivity index (χ0v) is 19.9. The molecule has 1 aromatic rings. The number of allylic oxidation sites excluding steroid dienone is 3. The Morgan fingerprint density at radius 3 is 2.69 bits per heavy atom. The van der Waals surface area contributed by atoms with Crippen LogP contribution in [0.25, 0.3) is 5.70 Å². The van der Waals surface area contributed by atoms with Crippen molar-refractivity contribution >= 4 is 17.3 Å². The minimum atomic E-state index is -0.476. The van der Waals surface area contributed by atoms with Crippen LogP contribution in [0.2, 0.25) is 5.02 Å². The molecule has 8 heteroatoms. The molecule has 0 aliphatic carbocycles. The van der Waals surface area contributed by atoms with Gasteiger partial charge in [0.15, 0.2) is 0 Å². The van der Waals surface area contributed by atoms with Crippen LogP contribution in [0.3, 0.4) is 0 Å². The number of nitrogens with one attached hydrogen (secondary N) is 3. The third-order valence-electron chi connectivity index (χ3n) is 5.19. The Kier molecular flexibility index (Phi) is 11.6. The van der Waals surface area contributed by atoms with Gasteiger partial charge in [0.2, 0.25) is 0 Å². The molecule has 0 unspecified atom stereocenters. The maximum Gasteiger partial charge on any atom is 0.130 e. The molecule has 0 amide bonds. The lowest BCUT2D eigenvalue weighted by molar-refractivity contribution is -0.0118. The lowest BCUT2D eigenvalue weighted by Crippen LogP contribution is -2.35. The van der Waals surface area contributed by atoms with E-state index in [0.29, 0.717) is 24.0 Å². The van der Waals surface area contributed by atoms with Gasteiger partial charge in [-0.25, -0.2) is 8.78 Å². The molecule has 2 fully saturated rings. The molecule has 0 atom stereocenters. The molecule has 3 rings (SSSR count). The van der Waals surface area contributed by atoms with Crippen molar-refractivity contribution in [3.8, 4) is 0 Å². The molecule has 32 heavy (non-hydrogen) atoms. The summed E-state index contributed by atoms with van der Waals surface area (Å²) >= 11 is 6.39. The summed E-state index contributed by atoms with van der Waals surface area (Å²) in [7, 11) is 0. The summed E-state index contributed by atoms with van der Waals surface area (Å²) in [6.45, 7) is 9.65. The number of halogens is 3. The third-order valence-corrected chi connectivity index (χ3v) is 5.52. The van der Waals surface area contributed by atoms with Gasteiger partial charge >= 0.3 is 0 Å². The minimum Gasteiger partial charge on any atom is -0.370 e. The summed E-state index contributed by atoms with van der Waals surface area (Å²) in [6.07, 6.45) is 8.97. The van der Waals surface area contributed by atoms with Crippen LogP contribution in [0.15, 0.2) is 42.5 Å². The Labute approximate surface area is 195 Å². The van der Waals surface area contributed by atoms with E-state index in [9.17, 15) is 8.78 Å². The van der Waals surface area contributed by atoms with Crippen LogP contribution in [-0.2, 0) is 11.4 Å². The minimum absolute atomic E-state index is 0.0181. The highest BCUT2D eigenvalue weighted by atomic mass is 35.5. The standard InChI is InChI=1S/C22H29ClF2N4O.C2H6/c1-2-3-4-5-22-27-10-11-29(22)15-18-19(23)12-16(13-20(18)25)21(14-24)28-30-17-6-8-26-9-7-17;1-2/h3-5,12-14,17,26-28H,2,6-11,15H2,1H3;1-2H3/b4-3+,21-14-,22-5+;. The summed E-state index contributed by atoms with van der Waals surface area (Å²) in [5, 5.41) is 6.78. The van der Waals surface area contributed by atoms with Gasteiger partial charge in [0, 0.05) is 35.8 Å². The van der Waals surface area contributed by atoms with Gasteiger partial charge in [0.25, 0.3) is 0 Å². The van der Waals surface area contributed by atoms with Crippen molar-refractivity contribution in [3.63, 3.8) is 0 Å². The Morgan fingerprint density at radius 2 is 2.03 bits per heavy atom. The lowest BCUT2D eigenvalue weighted by Gasteiger charge is -2.24. The zero-order chi connectivity index (χ0) is 23.3. The molecule has 0 saturated carbocycles. The van der Waals surface area contributed by atoms with Gasteiger partial charge in [-0.2, -0.15) is 0 Å². The van der Waals surface area contributed by atoms with Crippen LogP contribution in [-0.4, -0.2) is 37.2 Å². The summed E-state index contributed by atoms with van der Waals surface area (Å²) in [5.41, 5.74) is 3.37. The molecule has 5 nitrogen and oxygen atoms in total. The molecular weight excluding hydrogens is 434 g/mol. The SMILES string of the molecule is CC.CC/C=C/C=C1\NCCN1Cc1c(F)cc(/C(=C/F)NOC2CCNCC2)cc1Cl. The Morgan fingerprint density at radius 1 is 1.28 bits per heavy atom. The quantitative estimate of drug-likeness (QED) is 0.454. The van der Waals surface area contributed by atoms with Crippen molar-refractivity contribution in [1.82, 2.24) is 21.0 Å². The summed E-state index contributed by atoms with van der Waals surface area (Å²) < 4.78 is 28.4. The van der Waals surface area contributed by atoms with Crippen LogP contribution in [0, 0.1) is 5.82 Å². The van der Waals surface area contributed by atoms with E-state index in [0.717, 1.165) is 51.3 Å². The van der Waals surface area contributed by atoms with Gasteiger partial charge in [-0.15, -0.1) is 0 Å². The van der Waals surface area contributed by atoms with E-state index in [1.165, 1.54) is 6.07 Å². The number of nitrogens with zero attached hydrogens (tertiary/aromatic N) is 1. The number of hydrogen-bond acceptors (Lipinski definition) is 5. The van der Waals surface area contributed by atoms with Gasteiger partial charge in [0.05, 0.1) is 11.8 Å². The van der Waals surface area contributed by atoms with Crippen LogP contribution in [0.4, 0.5) is 8.78 Å². The van der Waals surface area contributed by atoms with Crippen LogP contribution >= 0.6 is 11.6 Å². The van der Waals surface area contributed by atoms with E-state index in [4.69, 9.17) is 16.4 Å². The fraction of sp³-hybridized carbons (Fsp3) is 0.500. The predicted octanol–water partition coefficient (Wildman–Crippen LogP) is 5.26. The molecule has 3 N–H and O–H groups in total. The van der Waals surface area contributed by atoms with Crippen molar-refractivity contribution in [1.29, 1.82) is 0 Å². The van der Waals surface area contributed by atoms with E-state index >= 15 is 0 Å². The largest absolute Gasteiger partial charge is 0.370 e. The normalized spacial score (nSPS) is 18.6. The molecule has 0 spiro atoms. The number of hydroxylamine groups is 1. The molecule has 0 radical (unpaired) electrons. The number of piperidine rings is 1. The summed E-state index contributed by atoms with van der Waals surface area (Å²) in [6, 6.07) is 2.85. The molecule has 178 valence electrons. The highest BCUT2D eigenvalue weighted by Gasteiger charge is 2.21. The number of benzene rings is 1. The van der Waals surface area contributed by atoms with Gasteiger partial charge in [0.1, 0.15) is 18.0 Å². The molecule has 2 heterocycles. The van der Waals surface area contributed by atoms with Gasteiger partial charge in [-0.3, -0.25) is 10.3 Å². The first-order valence-electron chi connectivity index (χ1n) is 11.4. The van der Waals surface area contributed by atoms with Crippen LogP contribution in [0.5, 0.6) is 0 Å². The topological polar surface area (TPSA) is 48.6 Å². The molecule has 2 aliphatic heterocycles. The molecule has 1 aromatic carbocycles. The Bertz CT molecular complexity index is 784. The first-order valence-corrected chi connectivity index (χ1v) is 11.8. The van der Waals surface area contributed by atoms with Crippen molar-refractivity contribution in [2.45, 2.75) is 52.7 Å². The fourth-order valence-electron chi connectivity index (χ4n) is 3.48. The van der Waals surface area contributed by atoms with E-state index in [2.05, 4.69) is 29.1 Å². The molecule has 0 bridgehead atoms. The third kappa shape index (κ3) is 7.50. The number of hydrogen-bond donors (Lipinski definition) is 3. The van der Waals surface area contributed by atoms with Crippen LogP contribution in [0.1, 0.15) is 51.2 Å². The molecule has 2 saturated heterocycles. The summed E-state index contributed by atoms with van der Waals surface area (Å²) in [5.74, 6) is 0.455. The van der Waals surface area contributed by atoms with Crippen molar-refractivity contribution in [3.05, 3.63) is 64.5 Å². The maximum atomic E-state index is 14.9. The maximum absolute atomic E-state index is 14.9. The second-order valence-electron chi connectivity index (χ2n) is 7.35. The zero-order valence-electron chi connectivity index (χ0n) is 19.2. The van der Waals surface area contributed by atoms with Crippen molar-refractivity contribution < 1.29 is 13.6 Å². The Balaban J connectivity index is 0.00000176. The Hall–Kier alpha value is -2.09. The van der Waals surface area contributed by atoms with Crippen molar-refractivity contribution in [2.75, 3.05) is 26.2 Å². The second-order valence-corrected chi connectivity index (χ2v) is 7.75. The van der Waals surface area contributed by atoms with Gasteiger partial charge in [-0.05, 0) is 50.6 Å². The average Bonchev–Trinajstić information content (AvgIpc) is 3.26. The van der Waals surface area contributed by atoms with Crippen LogP contribution < -0.4 is 16.1 Å². The fourth-order valence-corrected chi connectivity index (χ4v) is 3.75. The van der Waals surface area contributed by atoms with E-state index < -0.39 is 5.82 Å². The monoisotopic (exact) mass is 468 g/mol. The highest BCUT2D eigenvalue weighted by Crippen LogP contribution is 2.28. The molecule has 0 aromatic heterocycles. The second kappa shape index (κ2) is 14.1. The lowest BCUT2D eigenvalue weighted by atomic mass is 10.1. The average molecular weight is 469 g/mol. The highest BCUT2D eigenvalue weighted by molar-refractivity contribution is 6.31. The van der Waals surface area contributed by atoms with E-state index in [-0.39, 0.29) is 16.8 Å². The van der Waals surface area contributed by atoms with Gasteiger partial charge in [-0.1, -0.05) is 44.5 Å². The smallest absolute Gasteiger partial charge is 0.130 e. The van der Waals surface area contributed by atoms with Crippen molar-refractivity contribution in [2.24, 2.45) is 0 Å². The first kappa shape index (κ1) is 26.2. The van der Waals surface area contributed by atoms with E-state index in [1.807, 2.05) is 30.9 Å².